The summed E-state index contributed by atoms with van der Waals surface area (Å²) in [6, 6.07) is 7.23. The van der Waals surface area contributed by atoms with Crippen LogP contribution in [0.3, 0.4) is 0 Å². The molecule has 2 N–H and O–H groups in total. The van der Waals surface area contributed by atoms with E-state index in [9.17, 15) is 4.79 Å². The fraction of sp³-hybridized carbons (Fsp3) is 0.500. The zero-order valence-electron chi connectivity index (χ0n) is 11.9. The van der Waals surface area contributed by atoms with Gasteiger partial charge < -0.3 is 10.4 Å². The average Bonchev–Trinajstić information content (AvgIpc) is 2.46. The molecule has 1 aliphatic rings. The van der Waals surface area contributed by atoms with Crippen LogP contribution in [0.5, 0.6) is 0 Å². The molecule has 1 saturated carbocycles. The van der Waals surface area contributed by atoms with Crippen LogP contribution in [0.15, 0.2) is 18.2 Å². The van der Waals surface area contributed by atoms with Crippen LogP contribution in [0.1, 0.15) is 44.1 Å². The summed E-state index contributed by atoms with van der Waals surface area (Å²) < 4.78 is 0. The van der Waals surface area contributed by atoms with Crippen LogP contribution in [0.4, 0.5) is 5.69 Å². The highest BCUT2D eigenvalue weighted by molar-refractivity contribution is 6.32. The van der Waals surface area contributed by atoms with Gasteiger partial charge in [0.05, 0.1) is 17.0 Å². The fourth-order valence-corrected chi connectivity index (χ4v) is 3.27. The number of rotatable bonds is 5. The van der Waals surface area contributed by atoms with Crippen molar-refractivity contribution in [3.05, 3.63) is 28.8 Å². The number of halogens is 1. The third-order valence-corrected chi connectivity index (χ3v) is 4.51. The van der Waals surface area contributed by atoms with Crippen molar-refractivity contribution in [1.82, 2.24) is 0 Å². The van der Waals surface area contributed by atoms with Crippen LogP contribution in [-0.4, -0.2) is 17.6 Å². The molecule has 0 radical (unpaired) electrons. The Hall–Kier alpha value is -1.73. The Balaban J connectivity index is 2.06. The minimum atomic E-state index is -0.739. The summed E-state index contributed by atoms with van der Waals surface area (Å²) in [7, 11) is 0. The third-order valence-electron chi connectivity index (χ3n) is 4.20. The summed E-state index contributed by atoms with van der Waals surface area (Å²) in [6.45, 7) is 0.627. The maximum Gasteiger partial charge on any atom is 0.303 e. The van der Waals surface area contributed by atoms with E-state index in [0.29, 0.717) is 17.1 Å². The first-order chi connectivity index (χ1) is 10.0. The van der Waals surface area contributed by atoms with Crippen molar-refractivity contribution in [1.29, 1.82) is 5.26 Å². The van der Waals surface area contributed by atoms with E-state index in [4.69, 9.17) is 22.0 Å². The summed E-state index contributed by atoms with van der Waals surface area (Å²) in [6.07, 6.45) is 5.44. The van der Waals surface area contributed by atoms with Gasteiger partial charge in [0.2, 0.25) is 0 Å². The molecular formula is C16H19ClN2O2. The Morgan fingerprint density at radius 3 is 2.67 bits per heavy atom. The SMILES string of the molecule is N#Cc1ccc(NCC2(CC(=O)O)CCCCC2)cc1Cl. The summed E-state index contributed by atoms with van der Waals surface area (Å²) in [5, 5.41) is 21.7. The number of benzene rings is 1. The molecule has 0 unspecified atom stereocenters. The van der Waals surface area contributed by atoms with Gasteiger partial charge in [0.15, 0.2) is 0 Å². The molecule has 1 fully saturated rings. The Morgan fingerprint density at radius 1 is 1.38 bits per heavy atom. The number of hydrogen-bond acceptors (Lipinski definition) is 3. The molecular weight excluding hydrogens is 288 g/mol. The molecule has 0 spiro atoms. The molecule has 0 aromatic heterocycles. The Labute approximate surface area is 129 Å². The second kappa shape index (κ2) is 6.82. The second-order valence-electron chi connectivity index (χ2n) is 5.79. The van der Waals surface area contributed by atoms with Gasteiger partial charge in [-0.1, -0.05) is 30.9 Å². The van der Waals surface area contributed by atoms with Crippen molar-refractivity contribution in [2.45, 2.75) is 38.5 Å². The maximum atomic E-state index is 11.1. The smallest absolute Gasteiger partial charge is 0.303 e. The molecule has 5 heteroatoms. The lowest BCUT2D eigenvalue weighted by atomic mass is 9.71. The van der Waals surface area contributed by atoms with Gasteiger partial charge in [-0.05, 0) is 36.5 Å². The van der Waals surface area contributed by atoms with Gasteiger partial charge in [-0.25, -0.2) is 0 Å². The lowest BCUT2D eigenvalue weighted by molar-refractivity contribution is -0.140. The molecule has 2 rings (SSSR count). The van der Waals surface area contributed by atoms with E-state index in [1.165, 1.54) is 6.42 Å². The van der Waals surface area contributed by atoms with Gasteiger partial charge >= 0.3 is 5.97 Å². The van der Waals surface area contributed by atoms with Crippen molar-refractivity contribution in [3.8, 4) is 6.07 Å². The van der Waals surface area contributed by atoms with Gasteiger partial charge in [0.25, 0.3) is 0 Å². The third kappa shape index (κ3) is 4.12. The Morgan fingerprint density at radius 2 is 2.10 bits per heavy atom. The largest absolute Gasteiger partial charge is 0.481 e. The topological polar surface area (TPSA) is 73.1 Å². The summed E-state index contributed by atoms with van der Waals surface area (Å²) in [4.78, 5) is 11.1. The number of nitrogens with zero attached hydrogens (tertiary/aromatic N) is 1. The lowest BCUT2D eigenvalue weighted by Gasteiger charge is -2.36. The van der Waals surface area contributed by atoms with Crippen LogP contribution in [0, 0.1) is 16.7 Å². The molecule has 112 valence electrons. The molecule has 0 atom stereocenters. The van der Waals surface area contributed by atoms with E-state index in [0.717, 1.165) is 31.4 Å². The normalized spacial score (nSPS) is 17.0. The molecule has 21 heavy (non-hydrogen) atoms. The fourth-order valence-electron chi connectivity index (χ4n) is 3.04. The van der Waals surface area contributed by atoms with Gasteiger partial charge in [0.1, 0.15) is 6.07 Å². The number of anilines is 1. The molecule has 0 amide bonds. The number of aliphatic carboxylic acids is 1. The van der Waals surface area contributed by atoms with E-state index in [1.54, 1.807) is 12.1 Å². The first-order valence-corrected chi connectivity index (χ1v) is 7.58. The highest BCUT2D eigenvalue weighted by atomic mass is 35.5. The van der Waals surface area contributed by atoms with Crippen molar-refractivity contribution >= 4 is 23.3 Å². The molecule has 0 aliphatic heterocycles. The van der Waals surface area contributed by atoms with E-state index >= 15 is 0 Å². The highest BCUT2D eigenvalue weighted by Crippen LogP contribution is 2.39. The summed E-state index contributed by atoms with van der Waals surface area (Å²) >= 11 is 6.01. The number of nitriles is 1. The second-order valence-corrected chi connectivity index (χ2v) is 6.20. The van der Waals surface area contributed by atoms with Crippen molar-refractivity contribution in [2.75, 3.05) is 11.9 Å². The highest BCUT2D eigenvalue weighted by Gasteiger charge is 2.34. The molecule has 4 nitrogen and oxygen atoms in total. The minimum Gasteiger partial charge on any atom is -0.481 e. The summed E-state index contributed by atoms with van der Waals surface area (Å²) in [5.74, 6) is -0.739. The number of nitrogens with one attached hydrogen (secondary N) is 1. The van der Waals surface area contributed by atoms with Gasteiger partial charge in [-0.2, -0.15) is 5.26 Å². The van der Waals surface area contributed by atoms with Gasteiger partial charge in [-0.15, -0.1) is 0 Å². The molecule has 1 aliphatic carbocycles. The zero-order chi connectivity index (χ0) is 15.3. The quantitative estimate of drug-likeness (QED) is 0.860. The maximum absolute atomic E-state index is 11.1. The predicted molar refractivity (Wildman–Crippen MR) is 82.4 cm³/mol. The molecule has 1 aromatic rings. The van der Waals surface area contributed by atoms with Crippen molar-refractivity contribution in [3.63, 3.8) is 0 Å². The number of carbonyl (C=O) groups is 1. The van der Waals surface area contributed by atoms with Gasteiger partial charge in [0, 0.05) is 12.2 Å². The standard InChI is InChI=1S/C16H19ClN2O2/c17-14-8-13(5-4-12(14)10-18)19-11-16(9-15(20)21)6-2-1-3-7-16/h4-5,8,19H,1-3,6-7,9,11H2,(H,20,21). The lowest BCUT2D eigenvalue weighted by Crippen LogP contribution is -2.34. The van der Waals surface area contributed by atoms with E-state index < -0.39 is 5.97 Å². The van der Waals surface area contributed by atoms with Crippen molar-refractivity contribution < 1.29 is 9.90 Å². The van der Waals surface area contributed by atoms with Crippen LogP contribution < -0.4 is 5.32 Å². The first kappa shape index (κ1) is 15.7. The number of carboxylic acids is 1. The molecule has 0 heterocycles. The first-order valence-electron chi connectivity index (χ1n) is 7.20. The molecule has 0 bridgehead atoms. The zero-order valence-corrected chi connectivity index (χ0v) is 12.6. The van der Waals surface area contributed by atoms with Crippen molar-refractivity contribution in [2.24, 2.45) is 5.41 Å². The van der Waals surface area contributed by atoms with E-state index in [-0.39, 0.29) is 11.8 Å². The number of hydrogen-bond donors (Lipinski definition) is 2. The van der Waals surface area contributed by atoms with Crippen LogP contribution in [0.25, 0.3) is 0 Å². The number of carboxylic acid groups (broad SMARTS) is 1. The van der Waals surface area contributed by atoms with Crippen LogP contribution in [-0.2, 0) is 4.79 Å². The van der Waals surface area contributed by atoms with E-state index in [2.05, 4.69) is 5.32 Å². The molecule has 0 saturated heterocycles. The minimum absolute atomic E-state index is 0.176. The van der Waals surface area contributed by atoms with Gasteiger partial charge in [-0.3, -0.25) is 4.79 Å². The Kier molecular flexibility index (Phi) is 5.08. The van der Waals surface area contributed by atoms with E-state index in [1.807, 2.05) is 12.1 Å². The predicted octanol–water partition coefficient (Wildman–Crippen LogP) is 4.05. The van der Waals surface area contributed by atoms with Crippen LogP contribution >= 0.6 is 11.6 Å². The van der Waals surface area contributed by atoms with Crippen LogP contribution in [0.2, 0.25) is 5.02 Å². The average molecular weight is 307 g/mol. The summed E-state index contributed by atoms with van der Waals surface area (Å²) in [5.41, 5.74) is 1.10. The Bertz CT molecular complexity index is 560. The monoisotopic (exact) mass is 306 g/mol. The molecule has 1 aromatic carbocycles.